The van der Waals surface area contributed by atoms with Gasteiger partial charge in [-0.1, -0.05) is 11.6 Å². The Balaban J connectivity index is 1.83. The second-order valence-electron chi connectivity index (χ2n) is 5.93. The van der Waals surface area contributed by atoms with Crippen molar-refractivity contribution in [2.24, 2.45) is 7.05 Å². The number of hydrogen-bond acceptors (Lipinski definition) is 5. The number of carbonyl (C=O) groups is 3. The number of carboxylic acids is 1. The summed E-state index contributed by atoms with van der Waals surface area (Å²) in [5.41, 5.74) is -1.59. The highest BCUT2D eigenvalue weighted by atomic mass is 35.5. The van der Waals surface area contributed by atoms with Gasteiger partial charge in [0, 0.05) is 12.8 Å². The molecule has 2 N–H and O–H groups in total. The number of nitrogens with zero attached hydrogens (tertiary/aromatic N) is 3. The molecule has 0 radical (unpaired) electrons. The number of hydrogen-bond donors (Lipinski definition) is 2. The second-order valence-corrected chi connectivity index (χ2v) is 7.41. The average Bonchev–Trinajstić information content (AvgIpc) is 2.86. The van der Waals surface area contributed by atoms with Gasteiger partial charge < -0.3 is 10.4 Å². The normalized spacial score (nSPS) is 22.4. The van der Waals surface area contributed by atoms with Gasteiger partial charge in [0.05, 0.1) is 0 Å². The number of aryl methyl sites for hydroxylation is 1. The number of fused-ring (bicyclic) bond motifs is 1. The monoisotopic (exact) mass is 424 g/mol. The SMILES string of the molecule is CC1=C(C(=O)O)N2C(=O)[C@H](NC(=O)c3c(Cl)c(C(F)(F)F)nn3C)[C@H]2SC1. The Morgan fingerprint density at radius 3 is 2.56 bits per heavy atom. The van der Waals surface area contributed by atoms with Gasteiger partial charge in [-0.25, -0.2) is 4.79 Å². The predicted molar refractivity (Wildman–Crippen MR) is 87.9 cm³/mol. The van der Waals surface area contributed by atoms with Crippen molar-refractivity contribution < 1.29 is 32.7 Å². The van der Waals surface area contributed by atoms with Crippen LogP contribution in [0.1, 0.15) is 23.1 Å². The van der Waals surface area contributed by atoms with Crippen LogP contribution in [0, 0.1) is 0 Å². The molecule has 2 aliphatic rings. The van der Waals surface area contributed by atoms with Crippen LogP contribution in [0.25, 0.3) is 0 Å². The molecule has 8 nitrogen and oxygen atoms in total. The Morgan fingerprint density at radius 2 is 2.04 bits per heavy atom. The van der Waals surface area contributed by atoms with Crippen LogP contribution in [-0.2, 0) is 22.8 Å². The zero-order valence-corrected chi connectivity index (χ0v) is 15.4. The van der Waals surface area contributed by atoms with E-state index in [1.807, 2.05) is 0 Å². The first-order valence-corrected chi connectivity index (χ1v) is 8.86. The summed E-state index contributed by atoms with van der Waals surface area (Å²) >= 11 is 6.90. The second kappa shape index (κ2) is 6.44. The van der Waals surface area contributed by atoms with Crippen LogP contribution in [-0.4, -0.2) is 54.7 Å². The molecule has 0 bridgehead atoms. The van der Waals surface area contributed by atoms with Crippen LogP contribution in [0.3, 0.4) is 0 Å². The number of aromatic nitrogens is 2. The lowest BCUT2D eigenvalue weighted by molar-refractivity contribution is -0.148. The maximum Gasteiger partial charge on any atom is 0.436 e. The van der Waals surface area contributed by atoms with Crippen LogP contribution in [0.2, 0.25) is 5.02 Å². The Bertz CT molecular complexity index is 898. The smallest absolute Gasteiger partial charge is 0.436 e. The number of carboxylic acid groups (broad SMARTS) is 1. The molecule has 0 aromatic carbocycles. The lowest BCUT2D eigenvalue weighted by Gasteiger charge is -2.49. The van der Waals surface area contributed by atoms with Crippen LogP contribution in [0.5, 0.6) is 0 Å². The minimum Gasteiger partial charge on any atom is -0.477 e. The minimum absolute atomic E-state index is 0.146. The lowest BCUT2D eigenvalue weighted by Crippen LogP contribution is -2.70. The largest absolute Gasteiger partial charge is 0.477 e. The molecule has 0 unspecified atom stereocenters. The van der Waals surface area contributed by atoms with E-state index in [4.69, 9.17) is 11.6 Å². The van der Waals surface area contributed by atoms with E-state index in [-0.39, 0.29) is 5.70 Å². The number of halogens is 4. The van der Waals surface area contributed by atoms with Gasteiger partial charge in [0.25, 0.3) is 11.8 Å². The highest BCUT2D eigenvalue weighted by Crippen LogP contribution is 2.40. The van der Waals surface area contributed by atoms with Crippen LogP contribution in [0.15, 0.2) is 11.3 Å². The molecular weight excluding hydrogens is 413 g/mol. The van der Waals surface area contributed by atoms with Gasteiger partial charge in [-0.15, -0.1) is 11.8 Å². The maximum atomic E-state index is 12.9. The van der Waals surface area contributed by atoms with Crippen molar-refractivity contribution >= 4 is 41.1 Å². The van der Waals surface area contributed by atoms with E-state index in [0.717, 1.165) is 11.9 Å². The summed E-state index contributed by atoms with van der Waals surface area (Å²) < 4.78 is 39.3. The highest BCUT2D eigenvalue weighted by Gasteiger charge is 2.54. The fourth-order valence-electron chi connectivity index (χ4n) is 2.91. The van der Waals surface area contributed by atoms with E-state index in [1.54, 1.807) is 6.92 Å². The summed E-state index contributed by atoms with van der Waals surface area (Å²) in [6.07, 6.45) is -4.84. The van der Waals surface area contributed by atoms with E-state index < -0.39 is 51.8 Å². The van der Waals surface area contributed by atoms with Crippen LogP contribution >= 0.6 is 23.4 Å². The first-order chi connectivity index (χ1) is 12.4. The Labute approximate surface area is 159 Å². The van der Waals surface area contributed by atoms with Crippen molar-refractivity contribution in [2.75, 3.05) is 5.75 Å². The van der Waals surface area contributed by atoms with E-state index >= 15 is 0 Å². The third-order valence-electron chi connectivity index (χ3n) is 4.12. The summed E-state index contributed by atoms with van der Waals surface area (Å²) in [5.74, 6) is -2.59. The summed E-state index contributed by atoms with van der Waals surface area (Å²) in [5, 5.41) is 13.3. The molecule has 2 amide bonds. The number of nitrogens with one attached hydrogen (secondary N) is 1. The van der Waals surface area contributed by atoms with E-state index in [9.17, 15) is 32.7 Å². The fourth-order valence-corrected chi connectivity index (χ4v) is 4.56. The summed E-state index contributed by atoms with van der Waals surface area (Å²) in [7, 11) is 1.12. The molecule has 0 aliphatic carbocycles. The molecule has 146 valence electrons. The number of alkyl halides is 3. The molecule has 0 spiro atoms. The number of aliphatic carboxylic acids is 1. The van der Waals surface area contributed by atoms with E-state index in [0.29, 0.717) is 16.0 Å². The summed E-state index contributed by atoms with van der Waals surface area (Å²) in [6, 6.07) is -1.08. The Kier molecular flexibility index (Phi) is 4.67. The zero-order chi connectivity index (χ0) is 20.3. The number of β-lactam (4-membered cyclic amide) rings is 1. The van der Waals surface area contributed by atoms with Gasteiger partial charge in [0.1, 0.15) is 27.8 Å². The predicted octanol–water partition coefficient (Wildman–Crippen LogP) is 1.46. The van der Waals surface area contributed by atoms with Crippen LogP contribution in [0.4, 0.5) is 13.2 Å². The molecule has 27 heavy (non-hydrogen) atoms. The third-order valence-corrected chi connectivity index (χ3v) is 5.90. The van der Waals surface area contributed by atoms with Gasteiger partial charge in [-0.2, -0.15) is 18.3 Å². The third kappa shape index (κ3) is 3.06. The average molecular weight is 425 g/mol. The van der Waals surface area contributed by atoms with Gasteiger partial charge in [0.2, 0.25) is 0 Å². The Hall–Kier alpha value is -2.21. The van der Waals surface area contributed by atoms with Crippen molar-refractivity contribution in [2.45, 2.75) is 24.5 Å². The molecule has 1 aromatic rings. The lowest BCUT2D eigenvalue weighted by atomic mass is 10.0. The van der Waals surface area contributed by atoms with Crippen molar-refractivity contribution in [3.8, 4) is 0 Å². The van der Waals surface area contributed by atoms with Gasteiger partial charge >= 0.3 is 12.1 Å². The van der Waals surface area contributed by atoms with Crippen LogP contribution < -0.4 is 5.32 Å². The molecule has 3 rings (SSSR count). The van der Waals surface area contributed by atoms with Gasteiger partial charge in [0.15, 0.2) is 5.69 Å². The molecule has 2 atom stereocenters. The topological polar surface area (TPSA) is 105 Å². The molecule has 2 aliphatic heterocycles. The number of rotatable bonds is 3. The first-order valence-electron chi connectivity index (χ1n) is 7.43. The number of amides is 2. The fraction of sp³-hybridized carbons (Fsp3) is 0.429. The quantitative estimate of drug-likeness (QED) is 0.712. The van der Waals surface area contributed by atoms with E-state index in [2.05, 4.69) is 10.4 Å². The maximum absolute atomic E-state index is 12.9. The van der Waals surface area contributed by atoms with Gasteiger partial charge in [-0.05, 0) is 12.5 Å². The summed E-state index contributed by atoms with van der Waals surface area (Å²) in [6.45, 7) is 1.58. The molecule has 1 aromatic heterocycles. The van der Waals surface area contributed by atoms with E-state index in [1.165, 1.54) is 11.8 Å². The number of thioether (sulfide) groups is 1. The van der Waals surface area contributed by atoms with Crippen molar-refractivity contribution in [3.05, 3.63) is 27.7 Å². The molecular formula is C14H12ClF3N4O4S. The molecule has 3 heterocycles. The number of carbonyl (C=O) groups excluding carboxylic acids is 2. The van der Waals surface area contributed by atoms with Crippen molar-refractivity contribution in [1.82, 2.24) is 20.0 Å². The standard InChI is InChI=1S/C14H12ClF3N4O4S/c1-4-3-27-12-6(11(24)22(12)7(4)13(25)26)19-10(23)8-5(15)9(14(16,17)18)20-21(8)2/h6,12H,3H2,1-2H3,(H,19,23)(H,25,26)/t6-,12+/m0/s1. The zero-order valence-electron chi connectivity index (χ0n) is 13.8. The Morgan fingerprint density at radius 1 is 1.41 bits per heavy atom. The summed E-state index contributed by atoms with van der Waals surface area (Å²) in [4.78, 5) is 37.1. The molecule has 13 heteroatoms. The minimum atomic E-state index is -4.84. The molecule has 0 saturated carbocycles. The van der Waals surface area contributed by atoms with Crippen molar-refractivity contribution in [3.63, 3.8) is 0 Å². The molecule has 1 fully saturated rings. The van der Waals surface area contributed by atoms with Crippen molar-refractivity contribution in [1.29, 1.82) is 0 Å². The molecule has 1 saturated heterocycles. The first kappa shape index (κ1) is 19.5. The van der Waals surface area contributed by atoms with Gasteiger partial charge in [-0.3, -0.25) is 19.2 Å². The highest BCUT2D eigenvalue weighted by molar-refractivity contribution is 8.00.